The molecule has 0 radical (unpaired) electrons. The number of nitrogens with zero attached hydrogens (tertiary/aromatic N) is 2. The number of ether oxygens (including phenoxy) is 1. The first kappa shape index (κ1) is 21.5. The maximum absolute atomic E-state index is 13.5. The van der Waals surface area contributed by atoms with E-state index < -0.39 is 6.04 Å². The molecule has 3 aliphatic rings. The largest absolute Gasteiger partial charge is 0.497 e. The first-order valence-corrected chi connectivity index (χ1v) is 11.7. The van der Waals surface area contributed by atoms with Crippen molar-refractivity contribution >= 4 is 23.4 Å². The van der Waals surface area contributed by atoms with Gasteiger partial charge in [0.2, 0.25) is 11.8 Å². The van der Waals surface area contributed by atoms with Gasteiger partial charge >= 0.3 is 0 Å². The van der Waals surface area contributed by atoms with Crippen LogP contribution in [-0.4, -0.2) is 60.3 Å². The van der Waals surface area contributed by atoms with Gasteiger partial charge in [-0.05, 0) is 48.2 Å². The number of nitrogens with one attached hydrogen (secondary N) is 1. The number of amides is 3. The van der Waals surface area contributed by atoms with E-state index in [0.29, 0.717) is 24.3 Å². The second kappa shape index (κ2) is 8.89. The van der Waals surface area contributed by atoms with E-state index in [1.54, 1.807) is 23.0 Å². The van der Waals surface area contributed by atoms with Gasteiger partial charge in [0.15, 0.2) is 0 Å². The van der Waals surface area contributed by atoms with Crippen LogP contribution in [0.1, 0.15) is 42.5 Å². The standard InChI is InChI=1S/C26H29N3O4/c1-33-20-10-7-17(8-11-20)19-9-12-22-21(15-19)26(32)29-14-13-28(16-23(29)24(30)27-22)25(31)18-5-3-2-4-6-18/h7-12,15,18,23H,2-6,13-14,16H2,1H3,(H,27,30)/t23-/m1/s1. The lowest BCUT2D eigenvalue weighted by molar-refractivity contribution is -0.140. The van der Waals surface area contributed by atoms with Crippen molar-refractivity contribution in [2.45, 2.75) is 38.1 Å². The van der Waals surface area contributed by atoms with Crippen molar-refractivity contribution in [3.8, 4) is 16.9 Å². The van der Waals surface area contributed by atoms with Crippen molar-refractivity contribution in [2.75, 3.05) is 32.1 Å². The third-order valence-electron chi connectivity index (χ3n) is 7.14. The lowest BCUT2D eigenvalue weighted by Crippen LogP contribution is -2.60. The quantitative estimate of drug-likeness (QED) is 0.781. The van der Waals surface area contributed by atoms with Crippen molar-refractivity contribution in [1.29, 1.82) is 0 Å². The third-order valence-corrected chi connectivity index (χ3v) is 7.14. The summed E-state index contributed by atoms with van der Waals surface area (Å²) in [5, 5.41) is 2.93. The minimum atomic E-state index is -0.671. The Balaban J connectivity index is 1.38. The van der Waals surface area contributed by atoms with E-state index in [2.05, 4.69) is 5.32 Å². The highest BCUT2D eigenvalue weighted by atomic mass is 16.5. The molecule has 0 spiro atoms. The van der Waals surface area contributed by atoms with Crippen LogP contribution in [0, 0.1) is 5.92 Å². The number of anilines is 1. The fourth-order valence-electron chi connectivity index (χ4n) is 5.22. The van der Waals surface area contributed by atoms with Crippen molar-refractivity contribution in [1.82, 2.24) is 9.80 Å². The molecule has 2 aromatic rings. The van der Waals surface area contributed by atoms with Crippen LogP contribution < -0.4 is 10.1 Å². The van der Waals surface area contributed by atoms with Crippen molar-refractivity contribution < 1.29 is 19.1 Å². The predicted molar refractivity (Wildman–Crippen MR) is 125 cm³/mol. The predicted octanol–water partition coefficient (Wildman–Crippen LogP) is 3.55. The van der Waals surface area contributed by atoms with Gasteiger partial charge in [-0.15, -0.1) is 0 Å². The molecule has 0 aromatic heterocycles. The average molecular weight is 448 g/mol. The Labute approximate surface area is 193 Å². The highest BCUT2D eigenvalue weighted by Crippen LogP contribution is 2.32. The number of fused-ring (bicyclic) bond motifs is 2. The zero-order valence-corrected chi connectivity index (χ0v) is 18.9. The number of hydrogen-bond acceptors (Lipinski definition) is 4. The summed E-state index contributed by atoms with van der Waals surface area (Å²) in [6, 6.07) is 12.5. The third kappa shape index (κ3) is 4.08. The molecule has 0 unspecified atom stereocenters. The number of carbonyl (C=O) groups excluding carboxylic acids is 3. The fourth-order valence-corrected chi connectivity index (χ4v) is 5.22. The molecule has 0 bridgehead atoms. The molecule has 1 aliphatic carbocycles. The van der Waals surface area contributed by atoms with Gasteiger partial charge in [0.25, 0.3) is 5.91 Å². The second-order valence-corrected chi connectivity index (χ2v) is 9.11. The molecule has 5 rings (SSSR count). The summed E-state index contributed by atoms with van der Waals surface area (Å²) in [7, 11) is 1.62. The van der Waals surface area contributed by atoms with Gasteiger partial charge in [-0.1, -0.05) is 37.5 Å². The number of carbonyl (C=O) groups is 3. The van der Waals surface area contributed by atoms with Crippen LogP contribution in [0.2, 0.25) is 0 Å². The van der Waals surface area contributed by atoms with Gasteiger partial charge in [0.1, 0.15) is 11.8 Å². The normalized spacial score (nSPS) is 21.1. The van der Waals surface area contributed by atoms with Crippen LogP contribution in [-0.2, 0) is 9.59 Å². The van der Waals surface area contributed by atoms with E-state index in [1.165, 1.54) is 6.42 Å². The van der Waals surface area contributed by atoms with Gasteiger partial charge in [-0.3, -0.25) is 14.4 Å². The highest BCUT2D eigenvalue weighted by molar-refractivity contribution is 6.10. The van der Waals surface area contributed by atoms with E-state index in [9.17, 15) is 14.4 Å². The van der Waals surface area contributed by atoms with Gasteiger partial charge < -0.3 is 19.9 Å². The molecule has 172 valence electrons. The topological polar surface area (TPSA) is 79.0 Å². The molecule has 1 atom stereocenters. The molecule has 2 aliphatic heterocycles. The fraction of sp³-hybridized carbons (Fsp3) is 0.423. The van der Waals surface area contributed by atoms with Crippen molar-refractivity contribution in [2.24, 2.45) is 5.92 Å². The number of rotatable bonds is 3. The molecule has 2 heterocycles. The van der Waals surface area contributed by atoms with Crippen LogP contribution in [0.5, 0.6) is 5.75 Å². The Morgan fingerprint density at radius 2 is 1.70 bits per heavy atom. The second-order valence-electron chi connectivity index (χ2n) is 9.11. The van der Waals surface area contributed by atoms with Crippen LogP contribution in [0.4, 0.5) is 5.69 Å². The molecule has 33 heavy (non-hydrogen) atoms. The SMILES string of the molecule is COc1ccc(-c2ccc3c(c2)C(=O)N2CCN(C(=O)C4CCCCC4)C[C@@H]2C(=O)N3)cc1. The summed E-state index contributed by atoms with van der Waals surface area (Å²) in [4.78, 5) is 43.0. The molecule has 1 saturated heterocycles. The summed E-state index contributed by atoms with van der Waals surface area (Å²) < 4.78 is 5.23. The van der Waals surface area contributed by atoms with Gasteiger partial charge in [-0.25, -0.2) is 0 Å². The Bertz CT molecular complexity index is 1080. The van der Waals surface area contributed by atoms with Gasteiger partial charge in [-0.2, -0.15) is 0 Å². The summed E-state index contributed by atoms with van der Waals surface area (Å²) in [6.07, 6.45) is 5.21. The van der Waals surface area contributed by atoms with Crippen LogP contribution in [0.25, 0.3) is 11.1 Å². The monoisotopic (exact) mass is 447 g/mol. The minimum Gasteiger partial charge on any atom is -0.497 e. The molecule has 1 N–H and O–H groups in total. The molecule has 2 fully saturated rings. The van der Waals surface area contributed by atoms with E-state index in [0.717, 1.165) is 42.6 Å². The van der Waals surface area contributed by atoms with Crippen LogP contribution in [0.15, 0.2) is 42.5 Å². The molecule has 2 aromatic carbocycles. The van der Waals surface area contributed by atoms with Crippen LogP contribution in [0.3, 0.4) is 0 Å². The Kier molecular flexibility index (Phi) is 5.79. The Hall–Kier alpha value is -3.35. The number of benzene rings is 2. The lowest BCUT2D eigenvalue weighted by atomic mass is 9.88. The summed E-state index contributed by atoms with van der Waals surface area (Å²) in [5.41, 5.74) is 2.85. The molecule has 3 amide bonds. The van der Waals surface area contributed by atoms with Crippen molar-refractivity contribution in [3.63, 3.8) is 0 Å². The number of methoxy groups -OCH3 is 1. The number of hydrogen-bond donors (Lipinski definition) is 1. The maximum Gasteiger partial charge on any atom is 0.256 e. The zero-order valence-electron chi connectivity index (χ0n) is 18.9. The summed E-state index contributed by atoms with van der Waals surface area (Å²) >= 11 is 0. The maximum atomic E-state index is 13.5. The first-order valence-electron chi connectivity index (χ1n) is 11.7. The lowest BCUT2D eigenvalue weighted by Gasteiger charge is -2.40. The van der Waals surface area contributed by atoms with E-state index in [1.807, 2.05) is 36.4 Å². The number of piperazine rings is 1. The van der Waals surface area contributed by atoms with Crippen molar-refractivity contribution in [3.05, 3.63) is 48.0 Å². The molecular formula is C26H29N3O4. The zero-order chi connectivity index (χ0) is 22.9. The Morgan fingerprint density at radius 3 is 2.42 bits per heavy atom. The minimum absolute atomic E-state index is 0.0547. The molecule has 7 nitrogen and oxygen atoms in total. The Morgan fingerprint density at radius 1 is 0.970 bits per heavy atom. The van der Waals surface area contributed by atoms with E-state index in [4.69, 9.17) is 4.74 Å². The first-order chi connectivity index (χ1) is 16.0. The molecule has 1 saturated carbocycles. The van der Waals surface area contributed by atoms with E-state index >= 15 is 0 Å². The molecule has 7 heteroatoms. The smallest absolute Gasteiger partial charge is 0.256 e. The van der Waals surface area contributed by atoms with Gasteiger partial charge in [0.05, 0.1) is 24.9 Å². The van der Waals surface area contributed by atoms with Gasteiger partial charge in [0, 0.05) is 19.0 Å². The highest BCUT2D eigenvalue weighted by Gasteiger charge is 2.41. The molecular weight excluding hydrogens is 418 g/mol. The van der Waals surface area contributed by atoms with E-state index in [-0.39, 0.29) is 30.2 Å². The summed E-state index contributed by atoms with van der Waals surface area (Å²) in [6.45, 7) is 1.09. The average Bonchev–Trinajstić information content (AvgIpc) is 2.98. The summed E-state index contributed by atoms with van der Waals surface area (Å²) in [5.74, 6) is 0.548. The van der Waals surface area contributed by atoms with Crippen LogP contribution >= 0.6 is 0 Å².